The van der Waals surface area contributed by atoms with Crippen LogP contribution in [0.15, 0.2) is 24.3 Å². The van der Waals surface area contributed by atoms with Gasteiger partial charge in [0.15, 0.2) is 0 Å². The van der Waals surface area contributed by atoms with Gasteiger partial charge in [0.1, 0.15) is 16.8 Å². The predicted molar refractivity (Wildman–Crippen MR) is 82.5 cm³/mol. The van der Waals surface area contributed by atoms with Crippen molar-refractivity contribution in [2.75, 3.05) is 0 Å². The van der Waals surface area contributed by atoms with E-state index in [1.165, 1.54) is 18.9 Å². The summed E-state index contributed by atoms with van der Waals surface area (Å²) in [5, 5.41) is 0.801. The summed E-state index contributed by atoms with van der Waals surface area (Å²) in [6.45, 7) is 0. The Morgan fingerprint density at radius 3 is 2.62 bits per heavy atom. The monoisotopic (exact) mass is 324 g/mol. The van der Waals surface area contributed by atoms with Crippen molar-refractivity contribution in [1.82, 2.24) is 9.97 Å². The molecule has 110 valence electrons. The molecule has 0 radical (unpaired) electrons. The van der Waals surface area contributed by atoms with Gasteiger partial charge in [-0.1, -0.05) is 42.1 Å². The molecule has 1 aliphatic carbocycles. The Labute approximate surface area is 133 Å². The van der Waals surface area contributed by atoms with Crippen molar-refractivity contribution in [3.8, 4) is 0 Å². The van der Waals surface area contributed by atoms with Gasteiger partial charge in [-0.15, -0.1) is 0 Å². The van der Waals surface area contributed by atoms with Gasteiger partial charge >= 0.3 is 0 Å². The van der Waals surface area contributed by atoms with Crippen LogP contribution in [0.2, 0.25) is 10.2 Å². The first-order chi connectivity index (χ1) is 10.1. The van der Waals surface area contributed by atoms with E-state index in [-0.39, 0.29) is 12.2 Å². The third kappa shape index (κ3) is 3.35. The van der Waals surface area contributed by atoms with Gasteiger partial charge in [0, 0.05) is 28.6 Å². The largest absolute Gasteiger partial charge is 0.237 e. The summed E-state index contributed by atoms with van der Waals surface area (Å²) in [7, 11) is 0. The molecule has 0 atom stereocenters. The predicted octanol–water partition coefficient (Wildman–Crippen LogP) is 5.17. The maximum atomic E-state index is 13.9. The number of rotatable bonds is 3. The first-order valence-electron chi connectivity index (χ1n) is 7.10. The van der Waals surface area contributed by atoms with Crippen LogP contribution in [0.5, 0.6) is 0 Å². The Hall–Kier alpha value is -1.19. The molecule has 1 aliphatic rings. The van der Waals surface area contributed by atoms with Crippen LogP contribution in [0.25, 0.3) is 0 Å². The first kappa shape index (κ1) is 14.7. The Balaban J connectivity index is 1.91. The number of halogens is 3. The maximum Gasteiger partial charge on any atom is 0.134 e. The van der Waals surface area contributed by atoms with Crippen molar-refractivity contribution < 1.29 is 4.39 Å². The van der Waals surface area contributed by atoms with Gasteiger partial charge in [-0.05, 0) is 31.0 Å². The molecule has 3 rings (SSSR count). The molecule has 5 heteroatoms. The van der Waals surface area contributed by atoms with E-state index in [0.717, 1.165) is 18.5 Å². The zero-order valence-electron chi connectivity index (χ0n) is 11.5. The topological polar surface area (TPSA) is 25.8 Å². The van der Waals surface area contributed by atoms with Gasteiger partial charge in [0.05, 0.1) is 0 Å². The van der Waals surface area contributed by atoms with Gasteiger partial charge in [-0.25, -0.2) is 14.4 Å². The summed E-state index contributed by atoms with van der Waals surface area (Å²) in [6, 6.07) is 6.47. The number of hydrogen-bond acceptors (Lipinski definition) is 2. The molecule has 0 N–H and O–H groups in total. The van der Waals surface area contributed by atoms with E-state index in [1.807, 2.05) is 6.07 Å². The summed E-state index contributed by atoms with van der Waals surface area (Å²) >= 11 is 12.2. The van der Waals surface area contributed by atoms with Gasteiger partial charge < -0.3 is 0 Å². The van der Waals surface area contributed by atoms with E-state index >= 15 is 0 Å². The fourth-order valence-electron chi connectivity index (χ4n) is 2.85. The average molecular weight is 325 g/mol. The molecule has 0 spiro atoms. The molecule has 1 heterocycles. The maximum absolute atomic E-state index is 13.9. The number of hydrogen-bond donors (Lipinski definition) is 0. The summed E-state index contributed by atoms with van der Waals surface area (Å²) in [4.78, 5) is 8.78. The molecular weight excluding hydrogens is 310 g/mol. The van der Waals surface area contributed by atoms with Crippen LogP contribution in [0.3, 0.4) is 0 Å². The zero-order chi connectivity index (χ0) is 14.8. The lowest BCUT2D eigenvalue weighted by Crippen LogP contribution is -2.05. The average Bonchev–Trinajstić information content (AvgIpc) is 2.97. The van der Waals surface area contributed by atoms with Crippen LogP contribution in [0.1, 0.15) is 48.7 Å². The second-order valence-corrected chi connectivity index (χ2v) is 6.18. The highest BCUT2D eigenvalue weighted by molar-refractivity contribution is 6.31. The van der Waals surface area contributed by atoms with Crippen LogP contribution in [0, 0.1) is 5.82 Å². The zero-order valence-corrected chi connectivity index (χ0v) is 13.0. The lowest BCUT2D eigenvalue weighted by molar-refractivity contribution is 0.611. The lowest BCUT2D eigenvalue weighted by atomic mass is 10.0. The number of aromatic nitrogens is 2. The summed E-state index contributed by atoms with van der Waals surface area (Å²) in [5.74, 6) is 0.630. The van der Waals surface area contributed by atoms with Crippen molar-refractivity contribution >= 4 is 23.2 Å². The fraction of sp³-hybridized carbons (Fsp3) is 0.375. The second kappa shape index (κ2) is 6.29. The third-order valence-electron chi connectivity index (χ3n) is 3.93. The Morgan fingerprint density at radius 1 is 1.14 bits per heavy atom. The summed E-state index contributed by atoms with van der Waals surface area (Å²) in [6.07, 6.45) is 4.97. The summed E-state index contributed by atoms with van der Waals surface area (Å²) < 4.78 is 13.9. The normalized spacial score (nSPS) is 15.6. The van der Waals surface area contributed by atoms with E-state index in [1.54, 1.807) is 12.1 Å². The molecule has 0 bridgehead atoms. The molecule has 0 aliphatic heterocycles. The number of benzene rings is 1. The quantitative estimate of drug-likeness (QED) is 0.728. The minimum Gasteiger partial charge on any atom is -0.237 e. The van der Waals surface area contributed by atoms with E-state index in [0.29, 0.717) is 27.5 Å². The fourth-order valence-corrected chi connectivity index (χ4v) is 3.29. The van der Waals surface area contributed by atoms with Crippen LogP contribution in [-0.2, 0) is 6.42 Å². The minimum absolute atomic E-state index is 0.256. The highest BCUT2D eigenvalue weighted by Gasteiger charge is 2.20. The van der Waals surface area contributed by atoms with Crippen molar-refractivity contribution in [2.24, 2.45) is 0 Å². The molecule has 1 fully saturated rings. The molecular formula is C16H15Cl2FN2. The van der Waals surface area contributed by atoms with Crippen LogP contribution in [-0.4, -0.2) is 9.97 Å². The SMILES string of the molecule is Fc1cccc(Cl)c1Cc1nc(Cl)cc(C2CCCC2)n1. The van der Waals surface area contributed by atoms with Crippen molar-refractivity contribution in [3.63, 3.8) is 0 Å². The van der Waals surface area contributed by atoms with Crippen molar-refractivity contribution in [1.29, 1.82) is 0 Å². The van der Waals surface area contributed by atoms with Crippen LogP contribution in [0.4, 0.5) is 4.39 Å². The van der Waals surface area contributed by atoms with Crippen LogP contribution >= 0.6 is 23.2 Å². The molecule has 0 amide bonds. The number of nitrogens with zero attached hydrogens (tertiary/aromatic N) is 2. The first-order valence-corrected chi connectivity index (χ1v) is 7.85. The highest BCUT2D eigenvalue weighted by Crippen LogP contribution is 2.34. The van der Waals surface area contributed by atoms with Crippen molar-refractivity contribution in [2.45, 2.75) is 38.0 Å². The molecule has 2 nitrogen and oxygen atoms in total. The Morgan fingerprint density at radius 2 is 1.90 bits per heavy atom. The summed E-state index contributed by atoms with van der Waals surface area (Å²) in [5.41, 5.74) is 1.38. The minimum atomic E-state index is -0.339. The molecule has 2 aromatic rings. The Bertz CT molecular complexity index is 634. The van der Waals surface area contributed by atoms with Crippen LogP contribution < -0.4 is 0 Å². The molecule has 1 aromatic carbocycles. The van der Waals surface area contributed by atoms with E-state index in [9.17, 15) is 4.39 Å². The van der Waals surface area contributed by atoms with Gasteiger partial charge in [0.2, 0.25) is 0 Å². The third-order valence-corrected chi connectivity index (χ3v) is 4.48. The molecule has 1 aromatic heterocycles. The van der Waals surface area contributed by atoms with Crippen molar-refractivity contribution in [3.05, 3.63) is 57.3 Å². The smallest absolute Gasteiger partial charge is 0.134 e. The lowest BCUT2D eigenvalue weighted by Gasteiger charge is -2.11. The molecule has 1 saturated carbocycles. The van der Waals surface area contributed by atoms with E-state index in [4.69, 9.17) is 23.2 Å². The molecule has 0 saturated heterocycles. The van der Waals surface area contributed by atoms with E-state index in [2.05, 4.69) is 9.97 Å². The van der Waals surface area contributed by atoms with Gasteiger partial charge in [-0.3, -0.25) is 0 Å². The van der Waals surface area contributed by atoms with E-state index < -0.39 is 0 Å². The highest BCUT2D eigenvalue weighted by atomic mass is 35.5. The van der Waals surface area contributed by atoms with Gasteiger partial charge in [-0.2, -0.15) is 0 Å². The van der Waals surface area contributed by atoms with Gasteiger partial charge in [0.25, 0.3) is 0 Å². The standard InChI is InChI=1S/C16H15Cl2FN2/c17-12-6-3-7-13(19)11(12)8-16-20-14(9-15(18)21-16)10-4-1-2-5-10/h3,6-7,9-10H,1-2,4-5,8H2. The molecule has 0 unspecified atom stereocenters. The molecule has 21 heavy (non-hydrogen) atoms. The Kier molecular flexibility index (Phi) is 4.41. The second-order valence-electron chi connectivity index (χ2n) is 5.39.